The smallest absolute Gasteiger partial charge is 0.409 e. The van der Waals surface area contributed by atoms with Crippen molar-refractivity contribution in [2.45, 2.75) is 19.3 Å². The molecule has 3 amide bonds. The molecule has 1 aromatic rings. The molecule has 24 heavy (non-hydrogen) atoms. The maximum absolute atomic E-state index is 12.5. The number of carbonyl (C=O) groups excluding carboxylic acids is 3. The van der Waals surface area contributed by atoms with Gasteiger partial charge in [0.05, 0.1) is 12.5 Å². The van der Waals surface area contributed by atoms with Gasteiger partial charge >= 0.3 is 6.09 Å². The normalized spacial score (nSPS) is 19.7. The number of rotatable bonds is 3. The molecule has 7 heteroatoms. The minimum Gasteiger partial charge on any atom is -0.450 e. The summed E-state index contributed by atoms with van der Waals surface area (Å²) in [6, 6.07) is 7.45. The molecule has 2 aliphatic rings. The predicted molar refractivity (Wildman–Crippen MR) is 87.6 cm³/mol. The summed E-state index contributed by atoms with van der Waals surface area (Å²) < 4.78 is 4.97. The summed E-state index contributed by atoms with van der Waals surface area (Å²) in [5.41, 5.74) is 1.66. The zero-order chi connectivity index (χ0) is 17.1. The first kappa shape index (κ1) is 16.3. The highest BCUT2D eigenvalue weighted by atomic mass is 16.6. The van der Waals surface area contributed by atoms with E-state index < -0.39 is 5.92 Å². The van der Waals surface area contributed by atoms with Gasteiger partial charge in [-0.05, 0) is 18.6 Å². The van der Waals surface area contributed by atoms with Crippen LogP contribution in [0.2, 0.25) is 0 Å². The van der Waals surface area contributed by atoms with Crippen LogP contribution in [0.4, 0.5) is 10.5 Å². The van der Waals surface area contributed by atoms with E-state index in [0.29, 0.717) is 32.8 Å². The van der Waals surface area contributed by atoms with Gasteiger partial charge in [-0.15, -0.1) is 0 Å². The lowest BCUT2D eigenvalue weighted by Crippen LogP contribution is -2.51. The maximum atomic E-state index is 12.5. The number of hydrogen-bond donors (Lipinski definition) is 1. The van der Waals surface area contributed by atoms with Crippen LogP contribution >= 0.6 is 0 Å². The van der Waals surface area contributed by atoms with Gasteiger partial charge in [0, 0.05) is 38.3 Å². The Morgan fingerprint density at radius 3 is 2.54 bits per heavy atom. The maximum Gasteiger partial charge on any atom is 0.409 e. The van der Waals surface area contributed by atoms with Crippen molar-refractivity contribution in [3.05, 3.63) is 29.8 Å². The lowest BCUT2D eigenvalue weighted by Gasteiger charge is -2.34. The van der Waals surface area contributed by atoms with Crippen LogP contribution in [-0.4, -0.2) is 60.5 Å². The number of nitrogens with one attached hydrogen (secondary N) is 1. The molecule has 0 bridgehead atoms. The molecule has 1 aromatic carbocycles. The van der Waals surface area contributed by atoms with Crippen molar-refractivity contribution < 1.29 is 19.1 Å². The molecule has 7 nitrogen and oxygen atoms in total. The summed E-state index contributed by atoms with van der Waals surface area (Å²) in [5.74, 6) is -0.623. The molecule has 1 unspecified atom stereocenters. The molecule has 1 saturated heterocycles. The molecule has 0 aromatic heterocycles. The fourth-order valence-corrected chi connectivity index (χ4v) is 3.14. The van der Waals surface area contributed by atoms with E-state index in [4.69, 9.17) is 4.74 Å². The van der Waals surface area contributed by atoms with Crippen molar-refractivity contribution in [1.82, 2.24) is 9.80 Å². The van der Waals surface area contributed by atoms with Crippen LogP contribution in [0.1, 0.15) is 24.8 Å². The average molecular weight is 331 g/mol. The third-order valence-corrected chi connectivity index (χ3v) is 4.45. The first-order valence-corrected chi connectivity index (χ1v) is 8.19. The highest BCUT2D eigenvalue weighted by Gasteiger charge is 2.34. The lowest BCUT2D eigenvalue weighted by molar-refractivity contribution is -0.134. The van der Waals surface area contributed by atoms with Crippen LogP contribution in [-0.2, 0) is 14.3 Å². The first-order valence-electron chi connectivity index (χ1n) is 8.19. The molecular formula is C17H21N3O4. The first-order chi connectivity index (χ1) is 11.6. The summed E-state index contributed by atoms with van der Waals surface area (Å²) in [5, 5.41) is 2.81. The Labute approximate surface area is 140 Å². The van der Waals surface area contributed by atoms with Gasteiger partial charge in [-0.25, -0.2) is 4.79 Å². The average Bonchev–Trinajstić information content (AvgIpc) is 2.91. The molecule has 0 radical (unpaired) electrons. The Morgan fingerprint density at radius 2 is 1.83 bits per heavy atom. The Bertz CT molecular complexity index is 653. The fourth-order valence-electron chi connectivity index (χ4n) is 3.14. The van der Waals surface area contributed by atoms with Crippen LogP contribution in [0.15, 0.2) is 24.3 Å². The molecule has 0 saturated carbocycles. The van der Waals surface area contributed by atoms with Crippen molar-refractivity contribution >= 4 is 23.6 Å². The molecule has 1 fully saturated rings. The zero-order valence-corrected chi connectivity index (χ0v) is 13.7. The number of nitrogens with zero attached hydrogens (tertiary/aromatic N) is 2. The second-order valence-corrected chi connectivity index (χ2v) is 5.90. The number of fused-ring (bicyclic) bond motifs is 1. The highest BCUT2D eigenvalue weighted by molar-refractivity contribution is 6.04. The van der Waals surface area contributed by atoms with Gasteiger partial charge in [0.1, 0.15) is 0 Å². The van der Waals surface area contributed by atoms with Crippen LogP contribution in [0, 0.1) is 0 Å². The Balaban J connectivity index is 1.57. The number of carbonyl (C=O) groups is 3. The summed E-state index contributed by atoms with van der Waals surface area (Å²) in [6.45, 7) is 3.95. The number of amides is 3. The highest BCUT2D eigenvalue weighted by Crippen LogP contribution is 2.34. The summed E-state index contributed by atoms with van der Waals surface area (Å²) in [4.78, 5) is 39.6. The molecule has 3 rings (SSSR count). The van der Waals surface area contributed by atoms with Gasteiger partial charge in [-0.1, -0.05) is 18.2 Å². The van der Waals surface area contributed by atoms with Crippen molar-refractivity contribution in [2.24, 2.45) is 0 Å². The Hall–Kier alpha value is -2.57. The summed E-state index contributed by atoms with van der Waals surface area (Å²) >= 11 is 0. The van der Waals surface area contributed by atoms with E-state index in [9.17, 15) is 14.4 Å². The Morgan fingerprint density at radius 1 is 1.17 bits per heavy atom. The van der Waals surface area contributed by atoms with Gasteiger partial charge < -0.3 is 19.9 Å². The van der Waals surface area contributed by atoms with Gasteiger partial charge in [0.25, 0.3) is 0 Å². The molecule has 0 aliphatic carbocycles. The summed E-state index contributed by atoms with van der Waals surface area (Å²) in [6.07, 6.45) is -0.184. The second kappa shape index (κ2) is 6.90. The SMILES string of the molecule is CCOC(=O)N1CCN(C(=O)CC2C(=O)Nc3ccccc32)CC1. The molecular weight excluding hydrogens is 310 g/mol. The van der Waals surface area contributed by atoms with Crippen LogP contribution in [0.3, 0.4) is 0 Å². The van der Waals surface area contributed by atoms with Gasteiger partial charge in [0.15, 0.2) is 0 Å². The number of piperazine rings is 1. The monoisotopic (exact) mass is 331 g/mol. The van der Waals surface area contributed by atoms with Crippen molar-refractivity contribution in [2.75, 3.05) is 38.1 Å². The standard InChI is InChI=1S/C17H21N3O4/c1-2-24-17(23)20-9-7-19(8-10-20)15(21)11-13-12-5-3-4-6-14(12)18-16(13)22/h3-6,13H,2,7-11H2,1H3,(H,18,22). The molecule has 1 atom stereocenters. The van der Waals surface area contributed by atoms with E-state index in [1.54, 1.807) is 16.7 Å². The number of para-hydroxylation sites is 1. The molecule has 2 heterocycles. The quantitative estimate of drug-likeness (QED) is 0.908. The van der Waals surface area contributed by atoms with Crippen molar-refractivity contribution in [3.63, 3.8) is 0 Å². The van der Waals surface area contributed by atoms with Gasteiger partial charge in [-0.2, -0.15) is 0 Å². The van der Waals surface area contributed by atoms with E-state index in [0.717, 1.165) is 11.3 Å². The topological polar surface area (TPSA) is 79.0 Å². The van der Waals surface area contributed by atoms with Crippen molar-refractivity contribution in [1.29, 1.82) is 0 Å². The molecule has 0 spiro atoms. The molecule has 128 valence electrons. The van der Waals surface area contributed by atoms with Gasteiger partial charge in [0.2, 0.25) is 11.8 Å². The third kappa shape index (κ3) is 3.20. The predicted octanol–water partition coefficient (Wildman–Crippen LogP) is 1.41. The number of hydrogen-bond acceptors (Lipinski definition) is 4. The van der Waals surface area contributed by atoms with Crippen LogP contribution in [0.25, 0.3) is 0 Å². The summed E-state index contributed by atoms with van der Waals surface area (Å²) in [7, 11) is 0. The zero-order valence-electron chi connectivity index (χ0n) is 13.7. The molecule has 1 N–H and O–H groups in total. The van der Waals surface area contributed by atoms with Crippen LogP contribution in [0.5, 0.6) is 0 Å². The fraction of sp³-hybridized carbons (Fsp3) is 0.471. The number of ether oxygens (including phenoxy) is 1. The number of anilines is 1. The van der Waals surface area contributed by atoms with E-state index in [1.807, 2.05) is 24.3 Å². The van der Waals surface area contributed by atoms with E-state index >= 15 is 0 Å². The Kier molecular flexibility index (Phi) is 4.69. The van der Waals surface area contributed by atoms with E-state index in [2.05, 4.69) is 5.32 Å². The molecule has 2 aliphatic heterocycles. The second-order valence-electron chi connectivity index (χ2n) is 5.90. The van der Waals surface area contributed by atoms with Crippen molar-refractivity contribution in [3.8, 4) is 0 Å². The van der Waals surface area contributed by atoms with Gasteiger partial charge in [-0.3, -0.25) is 9.59 Å². The minimum absolute atomic E-state index is 0.0599. The third-order valence-electron chi connectivity index (χ3n) is 4.45. The lowest BCUT2D eigenvalue weighted by atomic mass is 9.96. The van der Waals surface area contributed by atoms with E-state index in [-0.39, 0.29) is 24.3 Å². The van der Waals surface area contributed by atoms with Crippen LogP contribution < -0.4 is 5.32 Å². The largest absolute Gasteiger partial charge is 0.450 e. The minimum atomic E-state index is -0.434. The number of benzene rings is 1. The van der Waals surface area contributed by atoms with E-state index in [1.165, 1.54) is 0 Å².